The van der Waals surface area contributed by atoms with Crippen molar-refractivity contribution in [1.29, 1.82) is 0 Å². The molecule has 12 heteroatoms. The number of alkyl halides is 3. The second-order valence-corrected chi connectivity index (χ2v) is 7.95. The van der Waals surface area contributed by atoms with Crippen LogP contribution in [-0.2, 0) is 25.2 Å². The van der Waals surface area contributed by atoms with Crippen LogP contribution in [0.15, 0.2) is 36.4 Å². The molecule has 34 heavy (non-hydrogen) atoms. The van der Waals surface area contributed by atoms with Crippen molar-refractivity contribution in [3.63, 3.8) is 0 Å². The molecule has 0 bridgehead atoms. The smallest absolute Gasteiger partial charge is 0.416 e. The number of hydrogen-bond donors (Lipinski definition) is 0. The summed E-state index contributed by atoms with van der Waals surface area (Å²) in [5.74, 6) is -1.60. The highest BCUT2D eigenvalue weighted by Gasteiger charge is 2.31. The van der Waals surface area contributed by atoms with Gasteiger partial charge in [0.05, 0.1) is 30.1 Å². The fourth-order valence-corrected chi connectivity index (χ4v) is 3.36. The van der Waals surface area contributed by atoms with E-state index in [1.807, 2.05) is 0 Å². The summed E-state index contributed by atoms with van der Waals surface area (Å²) in [4.78, 5) is 35.9. The van der Waals surface area contributed by atoms with E-state index >= 15 is 0 Å². The lowest BCUT2D eigenvalue weighted by Crippen LogP contribution is -2.23. The molecule has 0 amide bonds. The number of benzene rings is 2. The molecule has 0 spiro atoms. The number of halogens is 4. The largest absolute Gasteiger partial charge is 0.481 e. The van der Waals surface area contributed by atoms with Crippen LogP contribution in [0, 0.1) is 0 Å². The second-order valence-electron chi connectivity index (χ2n) is 6.57. The first-order valence-electron chi connectivity index (χ1n) is 9.72. The molecule has 1 atom stereocenters. The van der Waals surface area contributed by atoms with Crippen LogP contribution in [-0.4, -0.2) is 42.6 Å². The number of hydrogen-bond acceptors (Lipinski definition) is 8. The van der Waals surface area contributed by atoms with Gasteiger partial charge >= 0.3 is 18.1 Å². The molecule has 1 unspecified atom stereocenters. The minimum absolute atomic E-state index is 0.0246. The average molecular weight is 521 g/mol. The van der Waals surface area contributed by atoms with Gasteiger partial charge in [-0.25, -0.2) is 4.79 Å². The molecule has 0 heterocycles. The number of rotatable bonds is 9. The van der Waals surface area contributed by atoms with Crippen LogP contribution in [0.3, 0.4) is 0 Å². The zero-order valence-corrected chi connectivity index (χ0v) is 19.8. The minimum Gasteiger partial charge on any atom is -0.481 e. The average Bonchev–Trinajstić information content (AvgIpc) is 2.78. The molecule has 0 N–H and O–H groups in total. The lowest BCUT2D eigenvalue weighted by atomic mass is 10.2. The van der Waals surface area contributed by atoms with Crippen LogP contribution in [0.2, 0.25) is 5.02 Å². The highest BCUT2D eigenvalue weighted by Crippen LogP contribution is 2.37. The van der Waals surface area contributed by atoms with Gasteiger partial charge in [0, 0.05) is 6.07 Å². The molecule has 0 aromatic heterocycles. The molecular formula is C22H20ClF3O7S. The second kappa shape index (κ2) is 12.0. The van der Waals surface area contributed by atoms with E-state index in [0.29, 0.717) is 11.8 Å². The maximum absolute atomic E-state index is 12.8. The van der Waals surface area contributed by atoms with E-state index in [0.717, 1.165) is 25.3 Å². The first kappa shape index (κ1) is 27.3. The van der Waals surface area contributed by atoms with E-state index in [1.165, 1.54) is 25.1 Å². The van der Waals surface area contributed by atoms with E-state index in [1.54, 1.807) is 6.92 Å². The molecule has 7 nitrogen and oxygen atoms in total. The predicted molar refractivity (Wildman–Crippen MR) is 118 cm³/mol. The van der Waals surface area contributed by atoms with Gasteiger partial charge in [0.1, 0.15) is 22.8 Å². The number of carbonyl (C=O) groups excluding carboxylic acids is 3. The van der Waals surface area contributed by atoms with Crippen LogP contribution >= 0.6 is 23.4 Å². The summed E-state index contributed by atoms with van der Waals surface area (Å²) in [6.07, 6.45) is -5.65. The zero-order chi connectivity index (χ0) is 25.5. The van der Waals surface area contributed by atoms with Gasteiger partial charge in [-0.2, -0.15) is 13.2 Å². The number of ether oxygens (including phenoxy) is 4. The number of esters is 2. The summed E-state index contributed by atoms with van der Waals surface area (Å²) < 4.78 is 59.2. The molecule has 0 aliphatic carbocycles. The Morgan fingerprint density at radius 2 is 1.79 bits per heavy atom. The first-order chi connectivity index (χ1) is 16.0. The van der Waals surface area contributed by atoms with Gasteiger partial charge in [-0.05, 0) is 44.2 Å². The van der Waals surface area contributed by atoms with Crippen molar-refractivity contribution in [1.82, 2.24) is 0 Å². The first-order valence-corrected chi connectivity index (χ1v) is 11.1. The third-order valence-corrected chi connectivity index (χ3v) is 5.41. The standard InChI is InChI=1S/C22H20ClF3O7S/c1-4-31-19(27)11-34-21(29)12(2)32-18-10-14(6-7-15(18)20(28)30-3)33-17-8-5-13(9-16(17)23)22(24,25)26/h5-10,12H,4,11H2,1-3H3. The molecule has 0 aliphatic heterocycles. The Morgan fingerprint density at radius 3 is 2.38 bits per heavy atom. The van der Waals surface area contributed by atoms with E-state index in [4.69, 9.17) is 30.5 Å². The maximum Gasteiger partial charge on any atom is 0.416 e. The summed E-state index contributed by atoms with van der Waals surface area (Å²) in [6.45, 7) is 3.23. The predicted octanol–water partition coefficient (Wildman–Crippen LogP) is 5.53. The van der Waals surface area contributed by atoms with Crippen molar-refractivity contribution in [3.8, 4) is 17.2 Å². The maximum atomic E-state index is 12.8. The van der Waals surface area contributed by atoms with Crippen LogP contribution in [0.1, 0.15) is 29.8 Å². The molecule has 0 aliphatic rings. The van der Waals surface area contributed by atoms with Gasteiger partial charge in [-0.15, -0.1) is 0 Å². The van der Waals surface area contributed by atoms with E-state index in [-0.39, 0.29) is 40.2 Å². The summed E-state index contributed by atoms with van der Waals surface area (Å²) in [5, 5.41) is -0.783. The van der Waals surface area contributed by atoms with Gasteiger partial charge < -0.3 is 18.9 Å². The summed E-state index contributed by atoms with van der Waals surface area (Å²) in [7, 11) is 1.16. The Morgan fingerprint density at radius 1 is 1.09 bits per heavy atom. The molecule has 2 aromatic carbocycles. The van der Waals surface area contributed by atoms with Crippen molar-refractivity contribution < 1.29 is 46.5 Å². The van der Waals surface area contributed by atoms with Gasteiger partial charge in [-0.1, -0.05) is 23.4 Å². The molecule has 0 saturated heterocycles. The van der Waals surface area contributed by atoms with Crippen molar-refractivity contribution in [2.45, 2.75) is 26.1 Å². The van der Waals surface area contributed by atoms with Crippen LogP contribution in [0.5, 0.6) is 17.2 Å². The van der Waals surface area contributed by atoms with Crippen molar-refractivity contribution in [3.05, 3.63) is 52.5 Å². The highest BCUT2D eigenvalue weighted by molar-refractivity contribution is 8.14. The fraction of sp³-hybridized carbons (Fsp3) is 0.318. The third-order valence-electron chi connectivity index (χ3n) is 4.12. The minimum atomic E-state index is -4.57. The monoisotopic (exact) mass is 520 g/mol. The van der Waals surface area contributed by atoms with Crippen molar-refractivity contribution in [2.24, 2.45) is 0 Å². The Hall–Kier alpha value is -2.92. The third kappa shape index (κ3) is 7.56. The summed E-state index contributed by atoms with van der Waals surface area (Å²) >= 11 is 6.61. The fourth-order valence-electron chi connectivity index (χ4n) is 2.52. The number of thioether (sulfide) groups is 1. The molecule has 2 aromatic rings. The van der Waals surface area contributed by atoms with Crippen LogP contribution < -0.4 is 9.47 Å². The van der Waals surface area contributed by atoms with Crippen molar-refractivity contribution >= 4 is 40.4 Å². The summed E-state index contributed by atoms with van der Waals surface area (Å²) in [6, 6.07) is 6.51. The van der Waals surface area contributed by atoms with Gasteiger partial charge in [0.15, 0.2) is 6.10 Å². The van der Waals surface area contributed by atoms with E-state index in [9.17, 15) is 27.6 Å². The van der Waals surface area contributed by atoms with Gasteiger partial charge in [0.2, 0.25) is 5.12 Å². The molecule has 0 saturated carbocycles. The van der Waals surface area contributed by atoms with Crippen LogP contribution in [0.25, 0.3) is 0 Å². The quantitative estimate of drug-likeness (QED) is 0.399. The van der Waals surface area contributed by atoms with E-state index in [2.05, 4.69) is 0 Å². The molecular weight excluding hydrogens is 501 g/mol. The Labute approximate surface area is 202 Å². The van der Waals surface area contributed by atoms with Crippen LogP contribution in [0.4, 0.5) is 13.2 Å². The normalized spacial score (nSPS) is 12.0. The molecule has 184 valence electrons. The lowest BCUT2D eigenvalue weighted by Gasteiger charge is -2.17. The van der Waals surface area contributed by atoms with Gasteiger partial charge in [0.25, 0.3) is 0 Å². The highest BCUT2D eigenvalue weighted by atomic mass is 35.5. The SMILES string of the molecule is CCOC(=O)CSC(=O)C(C)Oc1cc(Oc2ccc(C(F)(F)F)cc2Cl)ccc1C(=O)OC. The topological polar surface area (TPSA) is 88.1 Å². The van der Waals surface area contributed by atoms with Gasteiger partial charge in [-0.3, -0.25) is 9.59 Å². The lowest BCUT2D eigenvalue weighted by molar-refractivity contribution is -0.140. The molecule has 0 radical (unpaired) electrons. The van der Waals surface area contributed by atoms with E-state index < -0.39 is 34.9 Å². The number of methoxy groups -OCH3 is 1. The Bertz CT molecular complexity index is 1060. The Kier molecular flexibility index (Phi) is 9.63. The number of carbonyl (C=O) groups is 3. The molecule has 0 fully saturated rings. The molecule has 2 rings (SSSR count). The zero-order valence-electron chi connectivity index (χ0n) is 18.2. The summed E-state index contributed by atoms with van der Waals surface area (Å²) in [5.41, 5.74) is -0.967. The van der Waals surface area contributed by atoms with Crippen molar-refractivity contribution in [2.75, 3.05) is 19.5 Å². The Balaban J connectivity index is 2.24.